The Kier molecular flexibility index (Phi) is 6.43. The Labute approximate surface area is 224 Å². The number of oxime groups is 1. The summed E-state index contributed by atoms with van der Waals surface area (Å²) in [6, 6.07) is 4.55. The molecular formula is C22H20ClN7O5S2. The summed E-state index contributed by atoms with van der Waals surface area (Å²) in [5.41, 5.74) is 7.63. The number of β-lactam (4-membered cyclic amide) rings is 1. The molecule has 1 fully saturated rings. The maximum Gasteiger partial charge on any atom is 0.278 e. The molecule has 3 aliphatic heterocycles. The lowest BCUT2D eigenvalue weighted by Gasteiger charge is -2.51. The van der Waals surface area contributed by atoms with Gasteiger partial charge in [0.25, 0.3) is 11.8 Å². The number of rotatable bonds is 7. The van der Waals surface area contributed by atoms with Gasteiger partial charge in [-0.15, -0.1) is 11.8 Å². The van der Waals surface area contributed by atoms with E-state index in [9.17, 15) is 19.5 Å². The minimum Gasteiger partial charge on any atom is -0.543 e. The number of carboxylic acid groups (broad SMARTS) is 1. The second-order valence-electron chi connectivity index (χ2n) is 8.62. The average Bonchev–Trinajstić information content (AvgIpc) is 3.42. The first kappa shape index (κ1) is 25.2. The zero-order valence-electron chi connectivity index (χ0n) is 19.5. The number of carbonyl (C=O) groups excluding carboxylic acids is 3. The van der Waals surface area contributed by atoms with E-state index in [2.05, 4.69) is 19.8 Å². The third-order valence-corrected chi connectivity index (χ3v) is 8.34. The van der Waals surface area contributed by atoms with Crippen molar-refractivity contribution in [2.75, 3.05) is 32.2 Å². The summed E-state index contributed by atoms with van der Waals surface area (Å²) in [7, 11) is 3.20. The Hall–Kier alpha value is -3.46. The number of nitrogens with two attached hydrogens (primary N) is 1. The van der Waals surface area contributed by atoms with Crippen LogP contribution in [0.3, 0.4) is 0 Å². The molecule has 3 atom stereocenters. The van der Waals surface area contributed by atoms with Gasteiger partial charge in [0, 0.05) is 45.6 Å². The second-order valence-corrected chi connectivity index (χ2v) is 10.9. The van der Waals surface area contributed by atoms with Crippen LogP contribution >= 0.6 is 34.9 Å². The molecule has 1 saturated heterocycles. The van der Waals surface area contributed by atoms with Gasteiger partial charge in [-0.3, -0.25) is 19.0 Å². The van der Waals surface area contributed by atoms with E-state index in [1.54, 1.807) is 6.07 Å². The van der Waals surface area contributed by atoms with Crippen molar-refractivity contribution < 1.29 is 24.3 Å². The molecule has 5 rings (SSSR count). The van der Waals surface area contributed by atoms with E-state index in [1.165, 1.54) is 23.8 Å². The van der Waals surface area contributed by atoms with Crippen LogP contribution in [0.2, 0.25) is 5.02 Å². The van der Waals surface area contributed by atoms with Crippen molar-refractivity contribution in [1.29, 1.82) is 0 Å². The number of likely N-dealkylation sites (N-methyl/N-ethyl adjacent to an activating group) is 1. The Morgan fingerprint density at radius 1 is 1.43 bits per heavy atom. The number of thioether (sulfide) groups is 1. The molecule has 2 aromatic rings. The summed E-state index contributed by atoms with van der Waals surface area (Å²) in [5.74, 6) is -2.49. The number of benzene rings is 1. The van der Waals surface area contributed by atoms with Gasteiger partial charge in [0.1, 0.15) is 37.0 Å². The van der Waals surface area contributed by atoms with Crippen molar-refractivity contribution in [2.45, 2.75) is 11.4 Å². The number of aromatic nitrogens is 2. The molecule has 0 bridgehead atoms. The number of fused-ring (bicyclic) bond motifs is 2. The van der Waals surface area contributed by atoms with Crippen LogP contribution in [-0.4, -0.2) is 75.6 Å². The maximum atomic E-state index is 13.1. The topological polar surface area (TPSA) is 163 Å². The number of nitrogen functional groups attached to an aromatic ring is 1. The molecule has 0 radical (unpaired) electrons. The van der Waals surface area contributed by atoms with Gasteiger partial charge in [0.05, 0.1) is 18.7 Å². The van der Waals surface area contributed by atoms with E-state index in [0.29, 0.717) is 27.4 Å². The minimum absolute atomic E-state index is 0.0448. The molecule has 37 heavy (non-hydrogen) atoms. The maximum absolute atomic E-state index is 13.1. The highest BCUT2D eigenvalue weighted by Crippen LogP contribution is 2.43. The van der Waals surface area contributed by atoms with Crippen LogP contribution < -0.4 is 20.6 Å². The predicted molar refractivity (Wildman–Crippen MR) is 138 cm³/mol. The van der Waals surface area contributed by atoms with Gasteiger partial charge >= 0.3 is 0 Å². The van der Waals surface area contributed by atoms with Gasteiger partial charge in [0.2, 0.25) is 11.5 Å². The first-order chi connectivity index (χ1) is 17.6. The number of quaternary nitrogens is 1. The molecule has 3 N–H and O–H groups in total. The predicted octanol–water partition coefficient (Wildman–Crippen LogP) is 0.150. The number of hydrogen-bond acceptors (Lipinski definition) is 11. The van der Waals surface area contributed by atoms with E-state index >= 15 is 0 Å². The summed E-state index contributed by atoms with van der Waals surface area (Å²) < 4.78 is 4.27. The molecule has 1 aromatic carbocycles. The summed E-state index contributed by atoms with van der Waals surface area (Å²) in [5, 5.41) is 18.6. The molecule has 1 unspecified atom stereocenters. The lowest BCUT2D eigenvalue weighted by Crippen LogP contribution is -2.71. The largest absolute Gasteiger partial charge is 0.543 e. The Morgan fingerprint density at radius 2 is 2.22 bits per heavy atom. The van der Waals surface area contributed by atoms with Crippen LogP contribution in [0.15, 0.2) is 40.8 Å². The van der Waals surface area contributed by atoms with Crippen LogP contribution in [0.25, 0.3) is 6.08 Å². The molecule has 0 saturated carbocycles. The van der Waals surface area contributed by atoms with Crippen LogP contribution in [0.1, 0.15) is 11.4 Å². The normalized spacial score (nSPS) is 24.5. The number of amides is 2. The van der Waals surface area contributed by atoms with Crippen molar-refractivity contribution in [1.82, 2.24) is 24.1 Å². The fraction of sp³-hybridized carbons (Fsp3) is 0.273. The molecule has 4 heterocycles. The molecule has 0 spiro atoms. The third-order valence-electron chi connectivity index (χ3n) is 6.22. The third kappa shape index (κ3) is 4.35. The molecular weight excluding hydrogens is 542 g/mol. The number of carboxylic acids is 1. The number of anilines is 1. The van der Waals surface area contributed by atoms with Gasteiger partial charge in [0.15, 0.2) is 5.13 Å². The van der Waals surface area contributed by atoms with Gasteiger partial charge in [-0.05, 0) is 12.1 Å². The van der Waals surface area contributed by atoms with Crippen LogP contribution in [-0.2, 0) is 19.2 Å². The second kappa shape index (κ2) is 9.45. The fourth-order valence-electron chi connectivity index (χ4n) is 4.59. The highest BCUT2D eigenvalue weighted by molar-refractivity contribution is 8.00. The van der Waals surface area contributed by atoms with E-state index in [0.717, 1.165) is 22.8 Å². The summed E-state index contributed by atoms with van der Waals surface area (Å²) in [6.45, 7) is 0.316. The van der Waals surface area contributed by atoms with Crippen molar-refractivity contribution in [3.8, 4) is 0 Å². The van der Waals surface area contributed by atoms with Crippen molar-refractivity contribution in [3.63, 3.8) is 0 Å². The van der Waals surface area contributed by atoms with E-state index in [-0.39, 0.29) is 22.4 Å². The number of aliphatic carboxylic acids is 1. The zero-order chi connectivity index (χ0) is 26.5. The van der Waals surface area contributed by atoms with Crippen LogP contribution in [0.5, 0.6) is 0 Å². The fourth-order valence-corrected chi connectivity index (χ4v) is 6.54. The lowest BCUT2D eigenvalue weighted by molar-refractivity contribution is -0.301. The van der Waals surface area contributed by atoms with Crippen LogP contribution in [0.4, 0.5) is 10.8 Å². The van der Waals surface area contributed by atoms with Crippen molar-refractivity contribution in [2.24, 2.45) is 5.16 Å². The quantitative estimate of drug-likeness (QED) is 0.207. The van der Waals surface area contributed by atoms with E-state index < -0.39 is 29.2 Å². The number of hydrogen-bond donors (Lipinski definition) is 2. The Bertz CT molecular complexity index is 1420. The van der Waals surface area contributed by atoms with Crippen molar-refractivity contribution >= 4 is 75.3 Å². The van der Waals surface area contributed by atoms with Crippen LogP contribution in [0, 0.1) is 0 Å². The summed E-state index contributed by atoms with van der Waals surface area (Å²) in [6.07, 6.45) is 3.89. The SMILES string of the molecule is CO/N=C(\C(=O)N[C@@H]1C(=O)N2C(C(=O)[O-])=C(C[N+]3(C)C=Cc4cc(Cl)ccc43)CS[C@H]12)c1nsc(N)n1. The molecule has 192 valence electrons. The molecule has 3 aliphatic rings. The van der Waals surface area contributed by atoms with Gasteiger partial charge in [-0.25, -0.2) is 0 Å². The molecule has 0 aliphatic carbocycles. The number of nitrogens with zero attached hydrogens (tertiary/aromatic N) is 5. The van der Waals surface area contributed by atoms with Gasteiger partial charge < -0.3 is 25.8 Å². The molecule has 2 amide bonds. The minimum atomic E-state index is -1.45. The first-order valence-corrected chi connectivity index (χ1v) is 13.1. The smallest absolute Gasteiger partial charge is 0.278 e. The number of nitrogens with one attached hydrogen (secondary N) is 1. The average molecular weight is 562 g/mol. The number of halogens is 1. The summed E-state index contributed by atoms with van der Waals surface area (Å²) in [4.78, 5) is 48.0. The lowest BCUT2D eigenvalue weighted by atomic mass is 10.0. The molecule has 15 heteroatoms. The molecule has 12 nitrogen and oxygen atoms in total. The first-order valence-electron chi connectivity index (χ1n) is 10.9. The Morgan fingerprint density at radius 3 is 2.89 bits per heavy atom. The number of carbonyl (C=O) groups is 3. The Balaban J connectivity index is 1.37. The monoisotopic (exact) mass is 561 g/mol. The molecule has 1 aromatic heterocycles. The zero-order valence-corrected chi connectivity index (χ0v) is 21.9. The van der Waals surface area contributed by atoms with Gasteiger partial charge in [-0.2, -0.15) is 9.36 Å². The van der Waals surface area contributed by atoms with Gasteiger partial charge in [-0.1, -0.05) is 16.8 Å². The van der Waals surface area contributed by atoms with E-state index in [4.69, 9.17) is 22.2 Å². The van der Waals surface area contributed by atoms with Crippen molar-refractivity contribution in [3.05, 3.63) is 52.1 Å². The highest BCUT2D eigenvalue weighted by Gasteiger charge is 2.54. The summed E-state index contributed by atoms with van der Waals surface area (Å²) >= 11 is 8.34. The highest BCUT2D eigenvalue weighted by atomic mass is 35.5. The standard InChI is InChI=1S/C22H20ClN7O5S2/c1-30(6-5-10-7-12(23)3-4-13(10)30)8-11-9-36-20-15(19(32)29(20)16(11)21(33)34)25-18(31)14(27-35-2)17-26-22(24)37-28-17/h3-7,15,20H,8-9H2,1-2H3,(H3-,24,25,26,28,31,33,34)/b27-14-/t15-,20-,30?/m1/s1. The van der Waals surface area contributed by atoms with E-state index in [1.807, 2.05) is 31.5 Å².